The molecule has 7 heteroatoms. The monoisotopic (exact) mass is 343 g/mol. The molecule has 0 radical (unpaired) electrons. The van der Waals surface area contributed by atoms with Gasteiger partial charge in [0.05, 0.1) is 0 Å². The van der Waals surface area contributed by atoms with Gasteiger partial charge in [-0.15, -0.1) is 22.9 Å². The molecule has 2 rings (SSSR count). The average molecular weight is 345 g/mol. The molecule has 1 atom stereocenters. The Morgan fingerprint density at radius 1 is 1.62 bits per heavy atom. The Morgan fingerprint density at radius 3 is 2.81 bits per heavy atom. The molecule has 0 amide bonds. The zero-order chi connectivity index (χ0) is 11.8. The van der Waals surface area contributed by atoms with Gasteiger partial charge in [-0.05, 0) is 46.1 Å². The normalized spacial score (nSPS) is 18.6. The van der Waals surface area contributed by atoms with Gasteiger partial charge >= 0.3 is 0 Å². The van der Waals surface area contributed by atoms with Crippen LogP contribution in [-0.4, -0.2) is 20.3 Å². The molecular formula is C9H11BrClNO2S2. The predicted octanol–water partition coefficient (Wildman–Crippen LogP) is 2.81. The summed E-state index contributed by atoms with van der Waals surface area (Å²) in [5, 5.41) is 1.64. The van der Waals surface area contributed by atoms with Crippen molar-refractivity contribution in [1.29, 1.82) is 0 Å². The molecule has 1 aliphatic rings. The van der Waals surface area contributed by atoms with Gasteiger partial charge in [0, 0.05) is 16.4 Å². The number of hydrogen-bond donors (Lipinski definition) is 1. The smallest absolute Gasteiger partial charge is 0.209 e. The van der Waals surface area contributed by atoms with Gasteiger partial charge in [0.1, 0.15) is 4.21 Å². The van der Waals surface area contributed by atoms with E-state index in [0.29, 0.717) is 21.1 Å². The summed E-state index contributed by atoms with van der Waals surface area (Å²) in [7, 11) is -3.41. The van der Waals surface area contributed by atoms with Crippen LogP contribution in [-0.2, 0) is 10.0 Å². The zero-order valence-electron chi connectivity index (χ0n) is 8.32. The van der Waals surface area contributed by atoms with Crippen LogP contribution in [0.25, 0.3) is 0 Å². The van der Waals surface area contributed by atoms with Gasteiger partial charge in [-0.25, -0.2) is 13.1 Å². The second-order valence-corrected chi connectivity index (χ2v) is 8.05. The van der Waals surface area contributed by atoms with Crippen LogP contribution in [0.1, 0.15) is 12.8 Å². The number of nitrogens with one attached hydrogen (secondary N) is 1. The molecule has 16 heavy (non-hydrogen) atoms. The van der Waals surface area contributed by atoms with Crippen LogP contribution < -0.4 is 4.72 Å². The van der Waals surface area contributed by atoms with Crippen molar-refractivity contribution in [3.63, 3.8) is 0 Å². The maximum atomic E-state index is 11.9. The molecule has 3 nitrogen and oxygen atoms in total. The standard InChI is InChI=1S/C9H11BrClNO2S2/c10-7-3-4-15-9(7)16(13,14)12-5-8(11)6-1-2-6/h3-4,6,8,12H,1-2,5H2. The van der Waals surface area contributed by atoms with E-state index in [2.05, 4.69) is 20.7 Å². The van der Waals surface area contributed by atoms with Crippen molar-refractivity contribution in [2.75, 3.05) is 6.54 Å². The molecule has 90 valence electrons. The largest absolute Gasteiger partial charge is 0.251 e. The highest BCUT2D eigenvalue weighted by Crippen LogP contribution is 2.35. The van der Waals surface area contributed by atoms with E-state index in [0.717, 1.165) is 12.8 Å². The molecule has 0 aliphatic heterocycles. The zero-order valence-corrected chi connectivity index (χ0v) is 12.3. The third kappa shape index (κ3) is 2.98. The Balaban J connectivity index is 2.00. The van der Waals surface area contributed by atoms with Gasteiger partial charge in [-0.3, -0.25) is 0 Å². The molecule has 1 saturated carbocycles. The van der Waals surface area contributed by atoms with Crippen molar-refractivity contribution in [1.82, 2.24) is 4.72 Å². The van der Waals surface area contributed by atoms with Crippen molar-refractivity contribution >= 4 is 48.9 Å². The molecule has 0 bridgehead atoms. The molecular weight excluding hydrogens is 334 g/mol. The fourth-order valence-electron chi connectivity index (χ4n) is 1.35. The van der Waals surface area contributed by atoms with E-state index in [4.69, 9.17) is 11.6 Å². The van der Waals surface area contributed by atoms with E-state index in [-0.39, 0.29) is 5.38 Å². The third-order valence-electron chi connectivity index (χ3n) is 2.43. The minimum atomic E-state index is -3.41. The quantitative estimate of drug-likeness (QED) is 0.835. The van der Waals surface area contributed by atoms with Crippen LogP contribution >= 0.6 is 38.9 Å². The summed E-state index contributed by atoms with van der Waals surface area (Å²) in [6, 6.07) is 1.72. The summed E-state index contributed by atoms with van der Waals surface area (Å²) in [5.74, 6) is 0.483. The van der Waals surface area contributed by atoms with Gasteiger partial charge in [-0.1, -0.05) is 0 Å². The summed E-state index contributed by atoms with van der Waals surface area (Å²) >= 11 is 10.5. The second-order valence-electron chi connectivity index (χ2n) is 3.76. The molecule has 0 saturated heterocycles. The average Bonchev–Trinajstić information content (AvgIpc) is 2.98. The lowest BCUT2D eigenvalue weighted by molar-refractivity contribution is 0.578. The molecule has 0 aromatic carbocycles. The SMILES string of the molecule is O=S(=O)(NCC(Cl)C1CC1)c1sccc1Br. The highest BCUT2D eigenvalue weighted by atomic mass is 79.9. The third-order valence-corrected chi connectivity index (χ3v) is 7.03. The van der Waals surface area contributed by atoms with Crippen molar-refractivity contribution in [3.05, 3.63) is 15.9 Å². The van der Waals surface area contributed by atoms with Gasteiger partial charge in [0.15, 0.2) is 0 Å². The first-order valence-corrected chi connectivity index (χ1v) is 8.46. The van der Waals surface area contributed by atoms with Crippen LogP contribution in [0.5, 0.6) is 0 Å². The van der Waals surface area contributed by atoms with E-state index in [1.807, 2.05) is 0 Å². The highest BCUT2D eigenvalue weighted by Gasteiger charge is 2.31. The van der Waals surface area contributed by atoms with Crippen molar-refractivity contribution in [3.8, 4) is 0 Å². The van der Waals surface area contributed by atoms with Gasteiger partial charge in [0.25, 0.3) is 10.0 Å². The van der Waals surface area contributed by atoms with Gasteiger partial charge in [0.2, 0.25) is 0 Å². The first-order chi connectivity index (χ1) is 7.50. The predicted molar refractivity (Wildman–Crippen MR) is 69.6 cm³/mol. The van der Waals surface area contributed by atoms with E-state index in [9.17, 15) is 8.42 Å². The van der Waals surface area contributed by atoms with Crippen LogP contribution in [0.3, 0.4) is 0 Å². The minimum Gasteiger partial charge on any atom is -0.209 e. The maximum absolute atomic E-state index is 11.9. The van der Waals surface area contributed by atoms with E-state index >= 15 is 0 Å². The molecule has 1 N–H and O–H groups in total. The number of hydrogen-bond acceptors (Lipinski definition) is 3. The Labute approximate surface area is 112 Å². The maximum Gasteiger partial charge on any atom is 0.251 e. The van der Waals surface area contributed by atoms with Crippen LogP contribution in [0.15, 0.2) is 20.1 Å². The summed E-state index contributed by atoms with van der Waals surface area (Å²) in [5.41, 5.74) is 0. The lowest BCUT2D eigenvalue weighted by Gasteiger charge is -2.09. The number of halogens is 2. The Kier molecular flexibility index (Phi) is 3.96. The summed E-state index contributed by atoms with van der Waals surface area (Å²) in [6.07, 6.45) is 2.22. The topological polar surface area (TPSA) is 46.2 Å². The molecule has 1 fully saturated rings. The molecule has 1 aliphatic carbocycles. The van der Waals surface area contributed by atoms with Crippen LogP contribution in [0, 0.1) is 5.92 Å². The van der Waals surface area contributed by atoms with E-state index < -0.39 is 10.0 Å². The fourth-order valence-corrected chi connectivity index (χ4v) is 5.21. The van der Waals surface area contributed by atoms with Gasteiger partial charge < -0.3 is 0 Å². The highest BCUT2D eigenvalue weighted by molar-refractivity contribution is 9.10. The summed E-state index contributed by atoms with van der Waals surface area (Å²) < 4.78 is 27.2. The number of rotatable bonds is 5. The van der Waals surface area contributed by atoms with E-state index in [1.54, 1.807) is 11.4 Å². The molecule has 1 heterocycles. The fraction of sp³-hybridized carbons (Fsp3) is 0.556. The molecule has 1 aromatic heterocycles. The Bertz CT molecular complexity index is 470. The summed E-state index contributed by atoms with van der Waals surface area (Å²) in [4.78, 5) is 0. The Hall–Kier alpha value is 0.380. The van der Waals surface area contributed by atoms with Crippen molar-refractivity contribution in [2.24, 2.45) is 5.92 Å². The number of alkyl halides is 1. The minimum absolute atomic E-state index is 0.0893. The van der Waals surface area contributed by atoms with Crippen LogP contribution in [0.2, 0.25) is 0 Å². The molecule has 1 unspecified atom stereocenters. The first kappa shape index (κ1) is 12.8. The lowest BCUT2D eigenvalue weighted by atomic mass is 10.3. The summed E-state index contributed by atoms with van der Waals surface area (Å²) in [6.45, 7) is 0.304. The van der Waals surface area contributed by atoms with E-state index in [1.165, 1.54) is 11.3 Å². The lowest BCUT2D eigenvalue weighted by Crippen LogP contribution is -2.30. The first-order valence-electron chi connectivity index (χ1n) is 4.87. The Morgan fingerprint density at radius 2 is 2.31 bits per heavy atom. The molecule has 0 spiro atoms. The number of sulfonamides is 1. The van der Waals surface area contributed by atoms with Crippen molar-refractivity contribution in [2.45, 2.75) is 22.4 Å². The second kappa shape index (κ2) is 4.94. The molecule has 1 aromatic rings. The number of thiophene rings is 1. The van der Waals surface area contributed by atoms with Crippen molar-refractivity contribution < 1.29 is 8.42 Å². The van der Waals surface area contributed by atoms with Crippen LogP contribution in [0.4, 0.5) is 0 Å². The van der Waals surface area contributed by atoms with Gasteiger partial charge in [-0.2, -0.15) is 0 Å².